The first kappa shape index (κ1) is 20.0. The van der Waals surface area contributed by atoms with Crippen LogP contribution < -0.4 is 9.62 Å². The highest BCUT2D eigenvalue weighted by molar-refractivity contribution is 7.92. The normalized spacial score (nSPS) is 11.0. The molecule has 2 rings (SSSR count). The summed E-state index contributed by atoms with van der Waals surface area (Å²) in [5, 5.41) is 14.0. The number of amides is 1. The number of hydrogen-bond donors (Lipinski definition) is 1. The van der Waals surface area contributed by atoms with E-state index >= 15 is 0 Å². The molecule has 0 saturated heterocycles. The number of nitrogens with one attached hydrogen (secondary N) is 1. The molecule has 0 unspecified atom stereocenters. The Hall–Kier alpha value is -2.36. The number of nitro benzene ring substituents is 1. The Kier molecular flexibility index (Phi) is 6.06. The van der Waals surface area contributed by atoms with Gasteiger partial charge in [0.2, 0.25) is 15.9 Å². The van der Waals surface area contributed by atoms with Gasteiger partial charge in [0, 0.05) is 27.9 Å². The van der Waals surface area contributed by atoms with Gasteiger partial charge in [-0.05, 0) is 24.3 Å². The molecule has 0 spiro atoms. The van der Waals surface area contributed by atoms with E-state index in [0.29, 0.717) is 15.7 Å². The Bertz CT molecular complexity index is 945. The SMILES string of the molecule is CS(=O)(=O)N(CC(=O)Nc1cc(Cl)cc(Cl)c1)c1cccc([N+](=O)[O-])c1. The van der Waals surface area contributed by atoms with Crippen molar-refractivity contribution in [2.24, 2.45) is 0 Å². The monoisotopic (exact) mass is 417 g/mol. The van der Waals surface area contributed by atoms with Crippen LogP contribution in [0.3, 0.4) is 0 Å². The smallest absolute Gasteiger partial charge is 0.271 e. The molecule has 2 aromatic rings. The molecular weight excluding hydrogens is 405 g/mol. The number of nitro groups is 1. The molecule has 0 aliphatic carbocycles. The molecule has 0 fully saturated rings. The second-order valence-corrected chi connectivity index (χ2v) is 8.03. The third-order valence-corrected chi connectivity index (χ3v) is 4.74. The number of anilines is 2. The van der Waals surface area contributed by atoms with Crippen molar-refractivity contribution in [3.63, 3.8) is 0 Å². The molecular formula is C15H13Cl2N3O5S. The Morgan fingerprint density at radius 1 is 1.19 bits per heavy atom. The number of halogens is 2. The Balaban J connectivity index is 2.27. The second-order valence-electron chi connectivity index (χ2n) is 5.25. The summed E-state index contributed by atoms with van der Waals surface area (Å²) in [7, 11) is -3.87. The molecule has 138 valence electrons. The van der Waals surface area contributed by atoms with Crippen molar-refractivity contribution < 1.29 is 18.1 Å². The maximum atomic E-state index is 12.2. The van der Waals surface area contributed by atoms with Crippen molar-refractivity contribution in [2.75, 3.05) is 22.4 Å². The van der Waals surface area contributed by atoms with Crippen LogP contribution in [0.1, 0.15) is 0 Å². The molecule has 26 heavy (non-hydrogen) atoms. The number of hydrogen-bond acceptors (Lipinski definition) is 5. The van der Waals surface area contributed by atoms with Gasteiger partial charge in [-0.3, -0.25) is 19.2 Å². The van der Waals surface area contributed by atoms with Crippen LogP contribution >= 0.6 is 23.2 Å². The quantitative estimate of drug-likeness (QED) is 0.572. The van der Waals surface area contributed by atoms with Crippen LogP contribution in [0, 0.1) is 10.1 Å². The van der Waals surface area contributed by atoms with Gasteiger partial charge < -0.3 is 5.32 Å². The summed E-state index contributed by atoms with van der Waals surface area (Å²) in [6.07, 6.45) is 0.898. The van der Waals surface area contributed by atoms with Gasteiger partial charge in [0.05, 0.1) is 16.9 Å². The predicted molar refractivity (Wildman–Crippen MR) is 100 cm³/mol. The van der Waals surface area contributed by atoms with Crippen molar-refractivity contribution in [1.82, 2.24) is 0 Å². The Morgan fingerprint density at radius 2 is 1.81 bits per heavy atom. The van der Waals surface area contributed by atoms with Crippen LogP contribution in [0.5, 0.6) is 0 Å². The fourth-order valence-electron chi connectivity index (χ4n) is 2.12. The van der Waals surface area contributed by atoms with E-state index in [1.165, 1.54) is 36.4 Å². The highest BCUT2D eigenvalue weighted by atomic mass is 35.5. The maximum Gasteiger partial charge on any atom is 0.271 e. The van der Waals surface area contributed by atoms with E-state index in [-0.39, 0.29) is 11.4 Å². The Labute approximate surface area is 159 Å². The van der Waals surface area contributed by atoms with E-state index in [2.05, 4.69) is 5.32 Å². The first-order valence-corrected chi connectivity index (χ1v) is 9.65. The molecule has 1 N–H and O–H groups in total. The summed E-state index contributed by atoms with van der Waals surface area (Å²) in [5.41, 5.74) is -0.000786. The molecule has 0 bridgehead atoms. The summed E-state index contributed by atoms with van der Waals surface area (Å²) in [6, 6.07) is 9.36. The van der Waals surface area contributed by atoms with Crippen molar-refractivity contribution in [3.8, 4) is 0 Å². The summed E-state index contributed by atoms with van der Waals surface area (Å²) in [4.78, 5) is 22.5. The van der Waals surface area contributed by atoms with E-state index in [4.69, 9.17) is 23.2 Å². The number of rotatable bonds is 6. The fraction of sp³-hybridized carbons (Fsp3) is 0.133. The van der Waals surface area contributed by atoms with Crippen LogP contribution in [0.2, 0.25) is 10.0 Å². The minimum Gasteiger partial charge on any atom is -0.324 e. The third kappa shape index (κ3) is 5.32. The minimum atomic E-state index is -3.87. The van der Waals surface area contributed by atoms with Gasteiger partial charge in [-0.25, -0.2) is 8.42 Å². The van der Waals surface area contributed by atoms with E-state index in [9.17, 15) is 23.3 Å². The van der Waals surface area contributed by atoms with Gasteiger partial charge in [0.1, 0.15) is 6.54 Å². The molecule has 2 aromatic carbocycles. The standard InChI is InChI=1S/C15H13Cl2N3O5S/c1-26(24,25)19(13-3-2-4-14(8-13)20(22)23)9-15(21)18-12-6-10(16)5-11(17)7-12/h2-8H,9H2,1H3,(H,18,21). The van der Waals surface area contributed by atoms with Crippen molar-refractivity contribution in [3.05, 3.63) is 62.6 Å². The van der Waals surface area contributed by atoms with Crippen LogP contribution in [0.4, 0.5) is 17.1 Å². The van der Waals surface area contributed by atoms with Crippen LogP contribution in [-0.4, -0.2) is 32.0 Å². The summed E-state index contributed by atoms with van der Waals surface area (Å²) >= 11 is 11.7. The molecule has 0 saturated carbocycles. The van der Waals surface area contributed by atoms with Gasteiger partial charge >= 0.3 is 0 Å². The Morgan fingerprint density at radius 3 is 2.35 bits per heavy atom. The number of carbonyl (C=O) groups excluding carboxylic acids is 1. The molecule has 8 nitrogen and oxygen atoms in total. The molecule has 0 heterocycles. The highest BCUT2D eigenvalue weighted by Crippen LogP contribution is 2.24. The van der Waals surface area contributed by atoms with E-state index in [1.807, 2.05) is 0 Å². The van der Waals surface area contributed by atoms with Crippen molar-refractivity contribution >= 4 is 56.2 Å². The lowest BCUT2D eigenvalue weighted by molar-refractivity contribution is -0.384. The molecule has 11 heteroatoms. The van der Waals surface area contributed by atoms with Gasteiger partial charge in [-0.15, -0.1) is 0 Å². The largest absolute Gasteiger partial charge is 0.324 e. The number of benzene rings is 2. The van der Waals surface area contributed by atoms with Gasteiger partial charge in [0.25, 0.3) is 5.69 Å². The lowest BCUT2D eigenvalue weighted by atomic mass is 10.3. The lowest BCUT2D eigenvalue weighted by Gasteiger charge is -2.21. The lowest BCUT2D eigenvalue weighted by Crippen LogP contribution is -2.37. The van der Waals surface area contributed by atoms with Crippen LogP contribution in [0.25, 0.3) is 0 Å². The van der Waals surface area contributed by atoms with E-state index in [1.54, 1.807) is 0 Å². The van der Waals surface area contributed by atoms with Crippen LogP contribution in [-0.2, 0) is 14.8 Å². The highest BCUT2D eigenvalue weighted by Gasteiger charge is 2.22. The first-order valence-electron chi connectivity index (χ1n) is 7.04. The van der Waals surface area contributed by atoms with E-state index in [0.717, 1.165) is 16.6 Å². The topological polar surface area (TPSA) is 110 Å². The zero-order valence-electron chi connectivity index (χ0n) is 13.3. The number of carbonyl (C=O) groups is 1. The van der Waals surface area contributed by atoms with E-state index < -0.39 is 27.4 Å². The average Bonchev–Trinajstić information content (AvgIpc) is 2.50. The number of sulfonamides is 1. The average molecular weight is 418 g/mol. The van der Waals surface area contributed by atoms with Gasteiger partial charge in [-0.2, -0.15) is 0 Å². The predicted octanol–water partition coefficient (Wildman–Crippen LogP) is 3.31. The fourth-order valence-corrected chi connectivity index (χ4v) is 3.49. The zero-order valence-corrected chi connectivity index (χ0v) is 15.7. The van der Waals surface area contributed by atoms with Crippen molar-refractivity contribution in [1.29, 1.82) is 0 Å². The first-order chi connectivity index (χ1) is 12.1. The molecule has 0 aliphatic heterocycles. The van der Waals surface area contributed by atoms with Gasteiger partial charge in [-0.1, -0.05) is 29.3 Å². The zero-order chi connectivity index (χ0) is 19.5. The molecule has 0 atom stereocenters. The molecule has 0 radical (unpaired) electrons. The molecule has 0 aromatic heterocycles. The van der Waals surface area contributed by atoms with Crippen LogP contribution in [0.15, 0.2) is 42.5 Å². The molecule has 0 aliphatic rings. The second kappa shape index (κ2) is 7.90. The molecule has 1 amide bonds. The maximum absolute atomic E-state index is 12.2. The third-order valence-electron chi connectivity index (χ3n) is 3.16. The number of non-ortho nitro benzene ring substituents is 1. The van der Waals surface area contributed by atoms with Crippen molar-refractivity contribution in [2.45, 2.75) is 0 Å². The minimum absolute atomic E-state index is 0.000904. The summed E-state index contributed by atoms with van der Waals surface area (Å²) in [5.74, 6) is -0.666. The summed E-state index contributed by atoms with van der Waals surface area (Å²) in [6.45, 7) is -0.579. The number of nitrogens with zero attached hydrogens (tertiary/aromatic N) is 2. The van der Waals surface area contributed by atoms with Gasteiger partial charge in [0.15, 0.2) is 0 Å². The summed E-state index contributed by atoms with van der Waals surface area (Å²) < 4.78 is 24.9.